The van der Waals surface area contributed by atoms with Gasteiger partial charge in [-0.3, -0.25) is 0 Å². The Kier molecular flexibility index (Phi) is 6.32. The monoisotopic (exact) mass is 234 g/mol. The molecular weight excluding hydrogens is 212 g/mol. The van der Waals surface area contributed by atoms with E-state index < -0.39 is 0 Å². The molecule has 1 aromatic carbocycles. The van der Waals surface area contributed by atoms with Crippen LogP contribution in [0.5, 0.6) is 0 Å². The molecule has 0 amide bonds. The van der Waals surface area contributed by atoms with Crippen LogP contribution >= 0.6 is 11.8 Å². The van der Waals surface area contributed by atoms with E-state index in [0.717, 1.165) is 6.42 Å². The number of hydrogen-bond donors (Lipinski definition) is 0. The Morgan fingerprint density at radius 3 is 2.50 bits per heavy atom. The third-order valence-corrected chi connectivity index (χ3v) is 3.69. The fourth-order valence-electron chi connectivity index (χ4n) is 1.71. The Bertz CT molecular complexity index is 311. The maximum Gasteiger partial charge on any atom is 0.00721 e. The van der Waals surface area contributed by atoms with Crippen LogP contribution in [0.4, 0.5) is 0 Å². The molecule has 0 aliphatic carbocycles. The van der Waals surface area contributed by atoms with Gasteiger partial charge in [0.25, 0.3) is 0 Å². The van der Waals surface area contributed by atoms with E-state index >= 15 is 0 Å². The minimum atomic E-state index is 0.638. The Hall–Kier alpha value is -0.690. The highest BCUT2D eigenvalue weighted by Gasteiger charge is 2.00. The van der Waals surface area contributed by atoms with Gasteiger partial charge in [0.2, 0.25) is 0 Å². The Labute approximate surface area is 104 Å². The summed E-state index contributed by atoms with van der Waals surface area (Å²) in [4.78, 5) is 1.39. The average Bonchev–Trinajstić information content (AvgIpc) is 2.28. The molecule has 88 valence electrons. The smallest absolute Gasteiger partial charge is 0.00721 e. The zero-order valence-corrected chi connectivity index (χ0v) is 11.4. The van der Waals surface area contributed by atoms with Crippen LogP contribution in [-0.2, 0) is 6.42 Å². The second-order valence-electron chi connectivity index (χ2n) is 4.20. The van der Waals surface area contributed by atoms with Crippen LogP contribution in [0.25, 0.3) is 0 Å². The first-order chi connectivity index (χ1) is 7.76. The predicted octanol–water partition coefficient (Wildman–Crippen LogP) is 4.94. The lowest BCUT2D eigenvalue weighted by atomic mass is 10.0. The van der Waals surface area contributed by atoms with E-state index in [-0.39, 0.29) is 0 Å². The molecule has 1 aromatic rings. The van der Waals surface area contributed by atoms with Crippen LogP contribution in [0.1, 0.15) is 32.8 Å². The van der Waals surface area contributed by atoms with E-state index in [4.69, 9.17) is 0 Å². The molecule has 0 bridgehead atoms. The van der Waals surface area contributed by atoms with Gasteiger partial charge in [-0.2, -0.15) is 0 Å². The first-order valence-corrected chi connectivity index (χ1v) is 7.09. The van der Waals surface area contributed by atoms with Gasteiger partial charge in [0.15, 0.2) is 0 Å². The van der Waals surface area contributed by atoms with Crippen molar-refractivity contribution < 1.29 is 0 Å². The number of thioether (sulfide) groups is 1. The lowest BCUT2D eigenvalue weighted by Gasteiger charge is -2.07. The van der Waals surface area contributed by atoms with E-state index in [1.807, 2.05) is 11.8 Å². The molecule has 0 saturated heterocycles. The molecule has 0 radical (unpaired) electrons. The lowest BCUT2D eigenvalue weighted by molar-refractivity contribution is 0.722. The highest BCUT2D eigenvalue weighted by molar-refractivity contribution is 7.99. The molecule has 1 rings (SSSR count). The second kappa shape index (κ2) is 7.56. The summed E-state index contributed by atoms with van der Waals surface area (Å²) in [5.74, 6) is 1.85. The molecule has 0 aromatic heterocycles. The maximum atomic E-state index is 2.26. The van der Waals surface area contributed by atoms with Gasteiger partial charge in [0, 0.05) is 4.90 Å². The highest BCUT2D eigenvalue weighted by Crippen LogP contribution is 2.20. The largest absolute Gasteiger partial charge is 0.126 e. The van der Waals surface area contributed by atoms with Gasteiger partial charge < -0.3 is 0 Å². The van der Waals surface area contributed by atoms with Crippen molar-refractivity contribution in [3.8, 4) is 0 Å². The summed E-state index contributed by atoms with van der Waals surface area (Å²) < 4.78 is 0. The van der Waals surface area contributed by atoms with Crippen LogP contribution in [0.2, 0.25) is 0 Å². The van der Waals surface area contributed by atoms with E-state index in [1.165, 1.54) is 22.6 Å². The van der Waals surface area contributed by atoms with Crippen molar-refractivity contribution in [1.29, 1.82) is 0 Å². The summed E-state index contributed by atoms with van der Waals surface area (Å²) in [5.41, 5.74) is 1.44. The van der Waals surface area contributed by atoms with Crippen molar-refractivity contribution in [2.45, 2.75) is 38.5 Å². The third-order valence-electron chi connectivity index (χ3n) is 2.47. The quantitative estimate of drug-likeness (QED) is 0.496. The zero-order valence-electron chi connectivity index (χ0n) is 10.6. The van der Waals surface area contributed by atoms with Gasteiger partial charge in [0.05, 0.1) is 0 Å². The molecule has 0 aliphatic rings. The van der Waals surface area contributed by atoms with Gasteiger partial charge >= 0.3 is 0 Å². The van der Waals surface area contributed by atoms with Crippen molar-refractivity contribution >= 4 is 11.8 Å². The lowest BCUT2D eigenvalue weighted by Crippen LogP contribution is -1.95. The van der Waals surface area contributed by atoms with Crippen molar-refractivity contribution in [2.75, 3.05) is 5.75 Å². The zero-order chi connectivity index (χ0) is 11.8. The van der Waals surface area contributed by atoms with Crippen LogP contribution in [-0.4, -0.2) is 5.75 Å². The summed E-state index contributed by atoms with van der Waals surface area (Å²) in [6.07, 6.45) is 6.78. The van der Waals surface area contributed by atoms with Gasteiger partial charge in [-0.25, -0.2) is 0 Å². The molecule has 1 heteroatoms. The number of benzene rings is 1. The maximum absolute atomic E-state index is 2.26. The van der Waals surface area contributed by atoms with Gasteiger partial charge in [0.1, 0.15) is 0 Å². The van der Waals surface area contributed by atoms with Crippen LogP contribution < -0.4 is 0 Å². The van der Waals surface area contributed by atoms with Gasteiger partial charge in [-0.1, -0.05) is 38.1 Å². The summed E-state index contributed by atoms with van der Waals surface area (Å²) >= 11 is 1.94. The summed E-state index contributed by atoms with van der Waals surface area (Å²) in [5, 5.41) is 0. The number of rotatable bonds is 6. The fraction of sp³-hybridized carbons (Fsp3) is 0.467. The topological polar surface area (TPSA) is 0 Å². The number of hydrogen-bond acceptors (Lipinski definition) is 1. The Balaban J connectivity index is 2.50. The fourth-order valence-corrected chi connectivity index (χ4v) is 2.48. The SMILES string of the molecule is C/C=C\C(C)Cc1ccc(SCCC)cc1. The van der Waals surface area contributed by atoms with Crippen molar-refractivity contribution in [1.82, 2.24) is 0 Å². The molecule has 16 heavy (non-hydrogen) atoms. The standard InChI is InChI=1S/C15H22S/c1-4-6-13(3)12-14-7-9-15(10-8-14)16-11-5-2/h4,6-10,13H,5,11-12H2,1-3H3/b6-4-. The van der Waals surface area contributed by atoms with E-state index in [0.29, 0.717) is 5.92 Å². The molecular formula is C15H22S. The van der Waals surface area contributed by atoms with Gasteiger partial charge in [-0.15, -0.1) is 11.8 Å². The molecule has 0 N–H and O–H groups in total. The summed E-state index contributed by atoms with van der Waals surface area (Å²) in [7, 11) is 0. The average molecular weight is 234 g/mol. The number of allylic oxidation sites excluding steroid dienone is 2. The van der Waals surface area contributed by atoms with Crippen molar-refractivity contribution in [2.24, 2.45) is 5.92 Å². The molecule has 0 heterocycles. The molecule has 0 saturated carbocycles. The van der Waals surface area contributed by atoms with Crippen molar-refractivity contribution in [3.05, 3.63) is 42.0 Å². The molecule has 0 aliphatic heterocycles. The van der Waals surface area contributed by atoms with Crippen LogP contribution in [0, 0.1) is 5.92 Å². The molecule has 1 atom stereocenters. The Morgan fingerprint density at radius 2 is 1.94 bits per heavy atom. The highest BCUT2D eigenvalue weighted by atomic mass is 32.2. The summed E-state index contributed by atoms with van der Waals surface area (Å²) in [6.45, 7) is 6.57. The molecule has 0 spiro atoms. The molecule has 0 fully saturated rings. The van der Waals surface area contributed by atoms with E-state index in [2.05, 4.69) is 57.2 Å². The van der Waals surface area contributed by atoms with Crippen LogP contribution in [0.3, 0.4) is 0 Å². The summed E-state index contributed by atoms with van der Waals surface area (Å²) in [6, 6.07) is 9.02. The normalized spacial score (nSPS) is 13.2. The first-order valence-electron chi connectivity index (χ1n) is 6.10. The third kappa shape index (κ3) is 4.89. The van der Waals surface area contributed by atoms with Crippen molar-refractivity contribution in [3.63, 3.8) is 0 Å². The minimum Gasteiger partial charge on any atom is -0.126 e. The van der Waals surface area contributed by atoms with Gasteiger partial charge in [-0.05, 0) is 49.1 Å². The molecule has 0 nitrogen and oxygen atoms in total. The predicted molar refractivity (Wildman–Crippen MR) is 75.1 cm³/mol. The van der Waals surface area contributed by atoms with E-state index in [9.17, 15) is 0 Å². The van der Waals surface area contributed by atoms with E-state index in [1.54, 1.807) is 0 Å². The molecule has 1 unspecified atom stereocenters. The first kappa shape index (κ1) is 13.4. The Morgan fingerprint density at radius 1 is 1.25 bits per heavy atom. The van der Waals surface area contributed by atoms with Crippen LogP contribution in [0.15, 0.2) is 41.3 Å². The second-order valence-corrected chi connectivity index (χ2v) is 5.37. The minimum absolute atomic E-state index is 0.638.